The first-order valence-electron chi connectivity index (χ1n) is 6.90. The molecule has 1 aromatic carbocycles. The maximum Gasteiger partial charge on any atom is 0.270 e. The van der Waals surface area contributed by atoms with Crippen molar-refractivity contribution >= 4 is 18.1 Å². The lowest BCUT2D eigenvalue weighted by Gasteiger charge is -2.18. The van der Waals surface area contributed by atoms with Gasteiger partial charge in [-0.2, -0.15) is 0 Å². The summed E-state index contributed by atoms with van der Waals surface area (Å²) < 4.78 is 26.6. The average Bonchev–Trinajstić information content (AvgIpc) is 2.37. The summed E-state index contributed by atoms with van der Waals surface area (Å²) in [6.07, 6.45) is 2.28. The molecule has 0 radical (unpaired) electrons. The van der Waals surface area contributed by atoms with Crippen molar-refractivity contribution in [1.29, 1.82) is 0 Å². The van der Waals surface area contributed by atoms with E-state index in [2.05, 4.69) is 37.8 Å². The monoisotopic (exact) mass is 321 g/mol. The molecule has 0 aliphatic carbocycles. The van der Waals surface area contributed by atoms with Crippen molar-refractivity contribution in [2.75, 3.05) is 6.54 Å². The van der Waals surface area contributed by atoms with Gasteiger partial charge in [0.25, 0.3) is 10.0 Å². The molecule has 0 unspecified atom stereocenters. The normalized spacial score (nSPS) is 11.4. The molecule has 0 aliphatic heterocycles. The second-order valence-electron chi connectivity index (χ2n) is 5.95. The number of hydrogen-bond donors (Lipinski definition) is 0. The lowest BCUT2D eigenvalue weighted by Crippen LogP contribution is -2.29. The maximum atomic E-state index is 12.7. The Hall–Kier alpha value is -1.51. The molecular formula is C16H23NO2SSi. The van der Waals surface area contributed by atoms with Crippen molar-refractivity contribution in [2.45, 2.75) is 37.9 Å². The molecule has 0 aliphatic rings. The second kappa shape index (κ2) is 6.97. The summed E-state index contributed by atoms with van der Waals surface area (Å²) in [5, 5.41) is 0. The fourth-order valence-corrected chi connectivity index (χ4v) is 3.31. The molecule has 1 rings (SSSR count). The standard InChI is InChI=1S/C16H23NO2SSi/c1-6-7-12-17(13-14-21(3,4)5)20(18,19)16-10-8-15(2)9-11-16/h6,8-11H,1,7,12H2,2-5H3. The first-order chi connectivity index (χ1) is 9.66. The molecule has 21 heavy (non-hydrogen) atoms. The van der Waals surface area contributed by atoms with Crippen LogP contribution in [0, 0.1) is 18.5 Å². The summed E-state index contributed by atoms with van der Waals surface area (Å²) in [5.74, 6) is 0. The predicted octanol–water partition coefficient (Wildman–Crippen LogP) is 3.40. The van der Waals surface area contributed by atoms with Gasteiger partial charge in [-0.1, -0.05) is 43.4 Å². The number of benzene rings is 1. The molecule has 0 aromatic heterocycles. The lowest BCUT2D eigenvalue weighted by molar-refractivity contribution is 0.514. The molecule has 0 bridgehead atoms. The van der Waals surface area contributed by atoms with E-state index in [-0.39, 0.29) is 4.90 Å². The molecule has 0 saturated carbocycles. The molecule has 0 atom stereocenters. The lowest BCUT2D eigenvalue weighted by atomic mass is 10.2. The van der Waals surface area contributed by atoms with Gasteiger partial charge < -0.3 is 0 Å². The molecule has 0 N–H and O–H groups in total. The van der Waals surface area contributed by atoms with Gasteiger partial charge in [-0.05, 0) is 25.5 Å². The van der Waals surface area contributed by atoms with Crippen molar-refractivity contribution in [3.05, 3.63) is 42.5 Å². The van der Waals surface area contributed by atoms with Gasteiger partial charge in [-0.25, -0.2) is 12.7 Å². The quantitative estimate of drug-likeness (QED) is 0.361. The highest BCUT2D eigenvalue weighted by atomic mass is 32.2. The molecule has 0 amide bonds. The van der Waals surface area contributed by atoms with Crippen LogP contribution in [0.2, 0.25) is 19.6 Å². The maximum absolute atomic E-state index is 12.7. The van der Waals surface area contributed by atoms with Gasteiger partial charge in [0, 0.05) is 12.6 Å². The number of aryl methyl sites for hydroxylation is 1. The Morgan fingerprint density at radius 2 is 1.81 bits per heavy atom. The van der Waals surface area contributed by atoms with Crippen molar-refractivity contribution in [3.63, 3.8) is 0 Å². The zero-order chi connectivity index (χ0) is 16.1. The van der Waals surface area contributed by atoms with Crippen LogP contribution in [0.15, 0.2) is 41.8 Å². The van der Waals surface area contributed by atoms with E-state index in [9.17, 15) is 8.42 Å². The van der Waals surface area contributed by atoms with E-state index >= 15 is 0 Å². The van der Waals surface area contributed by atoms with E-state index in [0.717, 1.165) is 5.56 Å². The number of rotatable bonds is 5. The number of hydrogen-bond acceptors (Lipinski definition) is 2. The third-order valence-electron chi connectivity index (χ3n) is 2.70. The van der Waals surface area contributed by atoms with Crippen LogP contribution in [-0.2, 0) is 10.0 Å². The van der Waals surface area contributed by atoms with E-state index in [1.165, 1.54) is 4.31 Å². The highest BCUT2D eigenvalue weighted by Gasteiger charge is 2.22. The Bertz CT molecular complexity index is 646. The van der Waals surface area contributed by atoms with Gasteiger partial charge in [0.1, 0.15) is 8.07 Å². The third-order valence-corrected chi connectivity index (χ3v) is 5.28. The topological polar surface area (TPSA) is 37.4 Å². The minimum Gasteiger partial charge on any atom is -0.225 e. The van der Waals surface area contributed by atoms with Crippen molar-refractivity contribution < 1.29 is 8.42 Å². The fourth-order valence-electron chi connectivity index (χ4n) is 1.51. The van der Waals surface area contributed by atoms with Gasteiger partial charge >= 0.3 is 0 Å². The van der Waals surface area contributed by atoms with Crippen LogP contribution in [0.5, 0.6) is 0 Å². The van der Waals surface area contributed by atoms with Crippen LogP contribution < -0.4 is 0 Å². The van der Waals surface area contributed by atoms with Gasteiger partial charge in [-0.15, -0.1) is 12.1 Å². The summed E-state index contributed by atoms with van der Waals surface area (Å²) >= 11 is 0. The van der Waals surface area contributed by atoms with Crippen LogP contribution in [0.25, 0.3) is 0 Å². The van der Waals surface area contributed by atoms with Crippen LogP contribution in [0.4, 0.5) is 0 Å². The third kappa shape index (κ3) is 5.41. The van der Waals surface area contributed by atoms with E-state index in [4.69, 9.17) is 0 Å². The number of sulfonamides is 1. The molecule has 0 fully saturated rings. The Balaban J connectivity index is 3.19. The first kappa shape index (κ1) is 17.5. The van der Waals surface area contributed by atoms with Gasteiger partial charge in [-0.3, -0.25) is 0 Å². The minimum absolute atomic E-state index is 0.280. The van der Waals surface area contributed by atoms with Gasteiger partial charge in [0.05, 0.1) is 4.90 Å². The SMILES string of the molecule is C=CCCN(C#C[Si](C)(C)C)S(=O)(=O)c1ccc(C)cc1. The summed E-state index contributed by atoms with van der Waals surface area (Å²) in [6.45, 7) is 12.2. The predicted molar refractivity (Wildman–Crippen MR) is 91.0 cm³/mol. The minimum atomic E-state index is -3.58. The molecule has 114 valence electrons. The summed E-state index contributed by atoms with van der Waals surface area (Å²) in [4.78, 5) is 0.280. The molecule has 3 nitrogen and oxygen atoms in total. The smallest absolute Gasteiger partial charge is 0.225 e. The molecule has 1 aromatic rings. The van der Waals surface area contributed by atoms with Gasteiger partial charge in [0.15, 0.2) is 0 Å². The Labute approximate surface area is 129 Å². The van der Waals surface area contributed by atoms with E-state index in [1.807, 2.05) is 6.92 Å². The fraction of sp³-hybridized carbons (Fsp3) is 0.375. The zero-order valence-corrected chi connectivity index (χ0v) is 15.0. The van der Waals surface area contributed by atoms with Crippen molar-refractivity contribution in [2.24, 2.45) is 0 Å². The van der Waals surface area contributed by atoms with E-state index in [1.54, 1.807) is 30.3 Å². The molecule has 5 heteroatoms. The highest BCUT2D eigenvalue weighted by Crippen LogP contribution is 2.16. The van der Waals surface area contributed by atoms with Gasteiger partial charge in [0.2, 0.25) is 0 Å². The highest BCUT2D eigenvalue weighted by molar-refractivity contribution is 7.89. The molecule has 0 heterocycles. The van der Waals surface area contributed by atoms with Crippen LogP contribution in [0.1, 0.15) is 12.0 Å². The van der Waals surface area contributed by atoms with Crippen molar-refractivity contribution in [3.8, 4) is 11.6 Å². The van der Waals surface area contributed by atoms with Crippen LogP contribution >= 0.6 is 0 Å². The number of nitrogens with zero attached hydrogens (tertiary/aromatic N) is 1. The Kier molecular flexibility index (Phi) is 5.82. The van der Waals surface area contributed by atoms with Crippen LogP contribution in [-0.4, -0.2) is 27.3 Å². The van der Waals surface area contributed by atoms with Crippen molar-refractivity contribution in [1.82, 2.24) is 4.31 Å². The summed E-state index contributed by atoms with van der Waals surface area (Å²) in [5.41, 5.74) is 4.15. The average molecular weight is 322 g/mol. The summed E-state index contributed by atoms with van der Waals surface area (Å²) in [6, 6.07) is 9.70. The van der Waals surface area contributed by atoms with E-state index in [0.29, 0.717) is 13.0 Å². The Morgan fingerprint density at radius 1 is 1.24 bits per heavy atom. The second-order valence-corrected chi connectivity index (χ2v) is 12.6. The molecule has 0 spiro atoms. The molecular weight excluding hydrogens is 298 g/mol. The van der Waals surface area contributed by atoms with E-state index < -0.39 is 18.1 Å². The molecule has 0 saturated heterocycles. The summed E-state index contributed by atoms with van der Waals surface area (Å²) in [7, 11) is -5.22. The Morgan fingerprint density at radius 3 is 2.29 bits per heavy atom. The first-order valence-corrected chi connectivity index (χ1v) is 11.8. The van der Waals surface area contributed by atoms with Crippen LogP contribution in [0.3, 0.4) is 0 Å². The zero-order valence-electron chi connectivity index (χ0n) is 13.2. The largest absolute Gasteiger partial charge is 0.270 e.